The fourth-order valence-electron chi connectivity index (χ4n) is 3.47. The van der Waals surface area contributed by atoms with Gasteiger partial charge in [-0.3, -0.25) is 4.79 Å². The third kappa shape index (κ3) is 5.21. The number of rotatable bonds is 7. The van der Waals surface area contributed by atoms with Crippen molar-refractivity contribution < 1.29 is 4.79 Å². The molecule has 1 aromatic heterocycles. The minimum atomic E-state index is 0.0200. The Morgan fingerprint density at radius 1 is 1.07 bits per heavy atom. The molecule has 1 aromatic carbocycles. The lowest BCUT2D eigenvalue weighted by Gasteiger charge is -2.32. The highest BCUT2D eigenvalue weighted by Gasteiger charge is 2.17. The number of hydrogen-bond donors (Lipinski definition) is 1. The van der Waals surface area contributed by atoms with E-state index in [1.54, 1.807) is 0 Å². The lowest BCUT2D eigenvalue weighted by Crippen LogP contribution is -2.45. The maximum absolute atomic E-state index is 12.8. The Labute approximate surface area is 163 Å². The zero-order chi connectivity index (χ0) is 19.2. The Bertz CT molecular complexity index is 730. The first kappa shape index (κ1) is 19.6. The highest BCUT2D eigenvalue weighted by molar-refractivity contribution is 6.00. The second-order valence-corrected chi connectivity index (χ2v) is 7.75. The zero-order valence-corrected chi connectivity index (χ0v) is 16.8. The molecule has 0 saturated carbocycles. The normalized spacial score (nSPS) is 16.0. The number of hydrogen-bond acceptors (Lipinski definition) is 3. The van der Waals surface area contributed by atoms with Crippen molar-refractivity contribution in [1.82, 2.24) is 19.7 Å². The number of aromatic nitrogens is 1. The van der Waals surface area contributed by atoms with Gasteiger partial charge in [0.2, 0.25) is 0 Å². The van der Waals surface area contributed by atoms with Crippen LogP contribution in [0.25, 0.3) is 11.1 Å². The molecule has 0 aliphatic carbocycles. The summed E-state index contributed by atoms with van der Waals surface area (Å²) < 4.78 is 2.11. The van der Waals surface area contributed by atoms with Gasteiger partial charge in [0.15, 0.2) is 0 Å². The van der Waals surface area contributed by atoms with Crippen molar-refractivity contribution in [3.05, 3.63) is 48.3 Å². The van der Waals surface area contributed by atoms with Crippen molar-refractivity contribution in [2.75, 3.05) is 46.3 Å². The molecule has 5 nitrogen and oxygen atoms in total. The summed E-state index contributed by atoms with van der Waals surface area (Å²) in [5, 5.41) is 3.12. The van der Waals surface area contributed by atoms with Crippen LogP contribution in [0.1, 0.15) is 36.7 Å². The second-order valence-electron chi connectivity index (χ2n) is 7.75. The predicted molar refractivity (Wildman–Crippen MR) is 111 cm³/mol. The fourth-order valence-corrected chi connectivity index (χ4v) is 3.47. The lowest BCUT2D eigenvalue weighted by molar-refractivity contribution is 0.0950. The molecule has 3 rings (SSSR count). The van der Waals surface area contributed by atoms with E-state index in [1.165, 1.54) is 0 Å². The number of nitrogens with one attached hydrogen (secondary N) is 1. The SMILES string of the molecule is CC(C)n1cc(C(=O)NCCCN2CCN(C)CC2)c(-c2ccccc2)c1. The van der Waals surface area contributed by atoms with Gasteiger partial charge >= 0.3 is 0 Å². The highest BCUT2D eigenvalue weighted by atomic mass is 16.1. The second kappa shape index (κ2) is 9.20. The number of carbonyl (C=O) groups is 1. The first-order valence-corrected chi connectivity index (χ1v) is 10.0. The topological polar surface area (TPSA) is 40.5 Å². The predicted octanol–water partition coefficient (Wildman–Crippen LogP) is 3.10. The molecular formula is C22H32N4O. The first-order valence-electron chi connectivity index (χ1n) is 10.0. The average molecular weight is 369 g/mol. The molecule has 0 radical (unpaired) electrons. The number of carbonyl (C=O) groups excluding carboxylic acids is 1. The van der Waals surface area contributed by atoms with Gasteiger partial charge in [0, 0.05) is 56.7 Å². The highest BCUT2D eigenvalue weighted by Crippen LogP contribution is 2.26. The van der Waals surface area contributed by atoms with Crippen LogP contribution >= 0.6 is 0 Å². The third-order valence-corrected chi connectivity index (χ3v) is 5.30. The molecule has 1 fully saturated rings. The quantitative estimate of drug-likeness (QED) is 0.764. The summed E-state index contributed by atoms with van der Waals surface area (Å²) in [6.07, 6.45) is 5.04. The number of piperazine rings is 1. The summed E-state index contributed by atoms with van der Waals surface area (Å²) in [5.41, 5.74) is 2.84. The van der Waals surface area contributed by atoms with Gasteiger partial charge in [-0.25, -0.2) is 0 Å². The van der Waals surface area contributed by atoms with Gasteiger partial charge in [-0.15, -0.1) is 0 Å². The van der Waals surface area contributed by atoms with Crippen LogP contribution < -0.4 is 5.32 Å². The number of benzene rings is 1. The Morgan fingerprint density at radius 3 is 2.44 bits per heavy atom. The van der Waals surface area contributed by atoms with Crippen LogP contribution in [0.5, 0.6) is 0 Å². The van der Waals surface area contributed by atoms with Crippen LogP contribution in [0, 0.1) is 0 Å². The molecule has 1 amide bonds. The summed E-state index contributed by atoms with van der Waals surface area (Å²) in [5.74, 6) is 0.0200. The standard InChI is InChI=1S/C22H32N4O/c1-18(2)26-16-20(19-8-5-4-6-9-19)21(17-26)22(27)23-10-7-11-25-14-12-24(3)13-15-25/h4-6,8-9,16-18H,7,10-15H2,1-3H3,(H,23,27). The molecule has 0 atom stereocenters. The van der Waals surface area contributed by atoms with E-state index in [2.05, 4.69) is 58.9 Å². The van der Waals surface area contributed by atoms with Crippen molar-refractivity contribution in [2.24, 2.45) is 0 Å². The minimum Gasteiger partial charge on any atom is -0.352 e. The van der Waals surface area contributed by atoms with Gasteiger partial charge in [0.05, 0.1) is 5.56 Å². The molecule has 1 saturated heterocycles. The molecule has 27 heavy (non-hydrogen) atoms. The molecule has 1 aliphatic heterocycles. The number of likely N-dealkylation sites (N-methyl/N-ethyl adjacent to an activating group) is 1. The smallest absolute Gasteiger partial charge is 0.253 e. The van der Waals surface area contributed by atoms with Crippen molar-refractivity contribution >= 4 is 5.91 Å². The largest absolute Gasteiger partial charge is 0.352 e. The summed E-state index contributed by atoms with van der Waals surface area (Å²) in [4.78, 5) is 17.7. The first-order chi connectivity index (χ1) is 13.0. The zero-order valence-electron chi connectivity index (χ0n) is 16.8. The van der Waals surface area contributed by atoms with Crippen LogP contribution in [0.4, 0.5) is 0 Å². The van der Waals surface area contributed by atoms with Crippen LogP contribution in [0.15, 0.2) is 42.7 Å². The summed E-state index contributed by atoms with van der Waals surface area (Å²) in [6, 6.07) is 10.5. The Balaban J connectivity index is 1.59. The molecule has 2 aromatic rings. The minimum absolute atomic E-state index is 0.0200. The van der Waals surface area contributed by atoms with E-state index in [0.717, 1.165) is 55.8 Å². The molecule has 1 N–H and O–H groups in total. The molecular weight excluding hydrogens is 336 g/mol. The van der Waals surface area contributed by atoms with Crippen molar-refractivity contribution in [2.45, 2.75) is 26.3 Å². The van der Waals surface area contributed by atoms with Gasteiger partial charge in [-0.2, -0.15) is 0 Å². The van der Waals surface area contributed by atoms with Gasteiger partial charge < -0.3 is 19.7 Å². The summed E-state index contributed by atoms with van der Waals surface area (Å²) >= 11 is 0. The molecule has 0 unspecified atom stereocenters. The molecule has 0 bridgehead atoms. The van der Waals surface area contributed by atoms with Crippen molar-refractivity contribution in [3.8, 4) is 11.1 Å². The molecule has 1 aliphatic rings. The van der Waals surface area contributed by atoms with Crippen LogP contribution in [-0.4, -0.2) is 66.6 Å². The Kier molecular flexibility index (Phi) is 6.69. The van der Waals surface area contributed by atoms with E-state index in [0.29, 0.717) is 12.6 Å². The average Bonchev–Trinajstić information content (AvgIpc) is 3.13. The van der Waals surface area contributed by atoms with Crippen molar-refractivity contribution in [1.29, 1.82) is 0 Å². The molecule has 0 spiro atoms. The maximum Gasteiger partial charge on any atom is 0.253 e. The lowest BCUT2D eigenvalue weighted by atomic mass is 10.0. The summed E-state index contributed by atoms with van der Waals surface area (Å²) in [7, 11) is 2.17. The monoisotopic (exact) mass is 368 g/mol. The molecule has 5 heteroatoms. The number of amides is 1. The van der Waals surface area contributed by atoms with Crippen LogP contribution in [-0.2, 0) is 0 Å². The molecule has 2 heterocycles. The number of nitrogens with zero attached hydrogens (tertiary/aromatic N) is 3. The van der Waals surface area contributed by atoms with E-state index < -0.39 is 0 Å². The van der Waals surface area contributed by atoms with E-state index in [9.17, 15) is 4.79 Å². The Hall–Kier alpha value is -2.11. The fraction of sp³-hybridized carbons (Fsp3) is 0.500. The van der Waals surface area contributed by atoms with E-state index >= 15 is 0 Å². The van der Waals surface area contributed by atoms with E-state index in [-0.39, 0.29) is 5.91 Å². The van der Waals surface area contributed by atoms with Gasteiger partial charge in [0.25, 0.3) is 5.91 Å². The van der Waals surface area contributed by atoms with Crippen LogP contribution in [0.3, 0.4) is 0 Å². The van der Waals surface area contributed by atoms with Gasteiger partial charge in [-0.1, -0.05) is 30.3 Å². The van der Waals surface area contributed by atoms with E-state index in [4.69, 9.17) is 0 Å². The molecule has 146 valence electrons. The van der Waals surface area contributed by atoms with Gasteiger partial charge in [-0.05, 0) is 39.4 Å². The van der Waals surface area contributed by atoms with Gasteiger partial charge in [0.1, 0.15) is 0 Å². The Morgan fingerprint density at radius 2 is 1.78 bits per heavy atom. The van der Waals surface area contributed by atoms with Crippen molar-refractivity contribution in [3.63, 3.8) is 0 Å². The van der Waals surface area contributed by atoms with Crippen LogP contribution in [0.2, 0.25) is 0 Å². The van der Waals surface area contributed by atoms with E-state index in [1.807, 2.05) is 24.4 Å². The third-order valence-electron chi connectivity index (χ3n) is 5.30. The maximum atomic E-state index is 12.8. The summed E-state index contributed by atoms with van der Waals surface area (Å²) in [6.45, 7) is 10.5.